The maximum atomic E-state index is 13.8. The summed E-state index contributed by atoms with van der Waals surface area (Å²) in [5.74, 6) is -0.994. The van der Waals surface area contributed by atoms with Gasteiger partial charge in [-0.25, -0.2) is 9.59 Å². The molecule has 1 aromatic heterocycles. The second kappa shape index (κ2) is 18.7. The molecular formula is C38H51N5O7. The number of carboxylic acid groups (broad SMARTS) is 1. The molecule has 0 spiro atoms. The molecule has 2 aromatic carbocycles. The Balaban J connectivity index is 1.93. The Morgan fingerprint density at radius 3 is 1.98 bits per heavy atom. The van der Waals surface area contributed by atoms with Crippen LogP contribution in [0.2, 0.25) is 0 Å². The summed E-state index contributed by atoms with van der Waals surface area (Å²) in [6.07, 6.45) is -0.648. The van der Waals surface area contributed by atoms with Gasteiger partial charge in [-0.2, -0.15) is 0 Å². The third kappa shape index (κ3) is 12.8. The molecule has 3 rings (SSSR count). The number of rotatable bonds is 16. The highest BCUT2D eigenvalue weighted by Gasteiger charge is 2.35. The van der Waals surface area contributed by atoms with Crippen LogP contribution in [0.5, 0.6) is 0 Å². The standard InChI is InChI=1S/C38H51N5O7/c1-24(2)20-31(42-36(47)48)34(45)41-30(22-25-12-8-7-9-13-25)32(44)23-28(40-35(46)33(38(3,4)5)43-37(49)50-6)21-26-15-17-27(18-16-26)29-14-10-11-19-39-29/h7-19,24,28,30-33,42,44H,20-23H2,1-6H3,(H,40,46)(H,41,45)(H,43,49)(H,47,48)/t28-,30-,31-,32-,33+/m0/s1. The number of hydrogen-bond acceptors (Lipinski definition) is 7. The third-order valence-electron chi connectivity index (χ3n) is 8.26. The van der Waals surface area contributed by atoms with E-state index in [2.05, 4.69) is 26.3 Å². The number of nitrogens with one attached hydrogen (secondary N) is 4. The Morgan fingerprint density at radius 2 is 1.42 bits per heavy atom. The second-order valence-corrected chi connectivity index (χ2v) is 14.0. The largest absolute Gasteiger partial charge is 0.465 e. The molecule has 3 aromatic rings. The van der Waals surface area contributed by atoms with Crippen molar-refractivity contribution < 1.29 is 34.1 Å². The zero-order valence-electron chi connectivity index (χ0n) is 29.7. The minimum atomic E-state index is -1.32. The number of aliphatic hydroxyl groups excluding tert-OH is 1. The number of aliphatic hydroxyl groups is 1. The number of amides is 4. The van der Waals surface area contributed by atoms with Gasteiger partial charge in [0, 0.05) is 17.8 Å². The highest BCUT2D eigenvalue weighted by molar-refractivity contribution is 5.87. The van der Waals surface area contributed by atoms with Crippen LogP contribution >= 0.6 is 0 Å². The summed E-state index contributed by atoms with van der Waals surface area (Å²) in [6.45, 7) is 9.22. The lowest BCUT2D eigenvalue weighted by molar-refractivity contribution is -0.127. The molecular weight excluding hydrogens is 638 g/mol. The molecule has 4 amide bonds. The smallest absolute Gasteiger partial charge is 0.407 e. The number of pyridine rings is 1. The molecule has 5 atom stereocenters. The minimum absolute atomic E-state index is 0.0214. The van der Waals surface area contributed by atoms with Gasteiger partial charge < -0.3 is 36.2 Å². The van der Waals surface area contributed by atoms with Gasteiger partial charge in [-0.1, -0.05) is 95.3 Å². The van der Waals surface area contributed by atoms with E-state index in [0.717, 1.165) is 22.4 Å². The van der Waals surface area contributed by atoms with Gasteiger partial charge in [0.2, 0.25) is 11.8 Å². The zero-order valence-corrected chi connectivity index (χ0v) is 29.7. The van der Waals surface area contributed by atoms with Crippen LogP contribution in [-0.2, 0) is 27.2 Å². The van der Waals surface area contributed by atoms with Crippen molar-refractivity contribution in [3.05, 3.63) is 90.1 Å². The monoisotopic (exact) mass is 689 g/mol. The number of carbonyl (C=O) groups is 4. The van der Waals surface area contributed by atoms with E-state index < -0.39 is 59.7 Å². The lowest BCUT2D eigenvalue weighted by atomic mass is 9.85. The lowest BCUT2D eigenvalue weighted by Gasteiger charge is -2.33. The Labute approximate surface area is 294 Å². The van der Waals surface area contributed by atoms with Crippen molar-refractivity contribution in [3.63, 3.8) is 0 Å². The quantitative estimate of drug-likeness (QED) is 0.125. The van der Waals surface area contributed by atoms with Crippen molar-refractivity contribution >= 4 is 24.0 Å². The number of carbonyl (C=O) groups excluding carboxylic acids is 3. The van der Waals surface area contributed by atoms with Crippen LogP contribution in [0, 0.1) is 11.3 Å². The first-order valence-corrected chi connectivity index (χ1v) is 16.8. The van der Waals surface area contributed by atoms with Gasteiger partial charge in [0.25, 0.3) is 0 Å². The molecule has 0 bridgehead atoms. The van der Waals surface area contributed by atoms with E-state index in [4.69, 9.17) is 4.74 Å². The van der Waals surface area contributed by atoms with Crippen LogP contribution < -0.4 is 21.3 Å². The highest BCUT2D eigenvalue weighted by atomic mass is 16.5. The number of methoxy groups -OCH3 is 1. The predicted octanol–water partition coefficient (Wildman–Crippen LogP) is 4.71. The van der Waals surface area contributed by atoms with Crippen LogP contribution in [0.1, 0.15) is 58.6 Å². The fourth-order valence-corrected chi connectivity index (χ4v) is 5.70. The summed E-state index contributed by atoms with van der Waals surface area (Å²) in [4.78, 5) is 55.4. The number of alkyl carbamates (subject to hydrolysis) is 1. The van der Waals surface area contributed by atoms with Gasteiger partial charge in [0.1, 0.15) is 12.1 Å². The normalized spacial score (nSPS) is 14.4. The van der Waals surface area contributed by atoms with Crippen molar-refractivity contribution in [2.75, 3.05) is 7.11 Å². The van der Waals surface area contributed by atoms with Crippen LogP contribution in [0.25, 0.3) is 11.3 Å². The predicted molar refractivity (Wildman–Crippen MR) is 191 cm³/mol. The highest BCUT2D eigenvalue weighted by Crippen LogP contribution is 2.22. The van der Waals surface area contributed by atoms with Crippen LogP contribution in [0.15, 0.2) is 79.0 Å². The van der Waals surface area contributed by atoms with Crippen LogP contribution in [0.3, 0.4) is 0 Å². The van der Waals surface area contributed by atoms with E-state index >= 15 is 0 Å². The van der Waals surface area contributed by atoms with Gasteiger partial charge >= 0.3 is 12.2 Å². The number of nitrogens with zero attached hydrogens (tertiary/aromatic N) is 1. The molecule has 0 fully saturated rings. The fraction of sp³-hybridized carbons (Fsp3) is 0.447. The number of aromatic nitrogens is 1. The van der Waals surface area contributed by atoms with Crippen LogP contribution in [-0.4, -0.2) is 76.6 Å². The van der Waals surface area contributed by atoms with E-state index in [1.54, 1.807) is 6.20 Å². The summed E-state index contributed by atoms with van der Waals surface area (Å²) < 4.78 is 4.77. The van der Waals surface area contributed by atoms with Gasteiger partial charge in [0.15, 0.2) is 0 Å². The number of ether oxygens (including phenoxy) is 1. The van der Waals surface area contributed by atoms with E-state index in [-0.39, 0.29) is 25.2 Å². The number of benzene rings is 2. The second-order valence-electron chi connectivity index (χ2n) is 14.0. The summed E-state index contributed by atoms with van der Waals surface area (Å²) >= 11 is 0. The van der Waals surface area contributed by atoms with E-state index in [1.165, 1.54) is 7.11 Å². The van der Waals surface area contributed by atoms with E-state index in [0.29, 0.717) is 6.42 Å². The Kier molecular flexibility index (Phi) is 14.8. The molecule has 1 heterocycles. The van der Waals surface area contributed by atoms with E-state index in [9.17, 15) is 29.4 Å². The SMILES string of the molecule is COC(=O)N[C@H](C(=O)N[C@@H](Cc1ccc(-c2ccccn2)cc1)C[C@H](O)[C@H](Cc1ccccc1)NC(=O)[C@H](CC(C)C)NC(=O)O)C(C)(C)C. The minimum Gasteiger partial charge on any atom is -0.465 e. The topological polar surface area (TPSA) is 179 Å². The molecule has 270 valence electrons. The lowest BCUT2D eigenvalue weighted by Crippen LogP contribution is -2.57. The molecule has 12 nitrogen and oxygen atoms in total. The summed E-state index contributed by atoms with van der Waals surface area (Å²) in [7, 11) is 1.22. The van der Waals surface area contributed by atoms with Gasteiger partial charge in [0.05, 0.1) is 24.9 Å². The van der Waals surface area contributed by atoms with Crippen molar-refractivity contribution in [2.45, 2.75) is 90.6 Å². The first-order valence-electron chi connectivity index (χ1n) is 16.8. The first kappa shape index (κ1) is 39.5. The molecule has 0 saturated carbocycles. The van der Waals surface area contributed by atoms with Crippen molar-refractivity contribution in [3.8, 4) is 11.3 Å². The fourth-order valence-electron chi connectivity index (χ4n) is 5.70. The molecule has 0 aliphatic carbocycles. The summed E-state index contributed by atoms with van der Waals surface area (Å²) in [6, 6.07) is 19.3. The van der Waals surface area contributed by atoms with E-state index in [1.807, 2.05) is 107 Å². The number of hydrogen-bond donors (Lipinski definition) is 6. The molecule has 50 heavy (non-hydrogen) atoms. The molecule has 0 aliphatic heterocycles. The van der Waals surface area contributed by atoms with Crippen molar-refractivity contribution in [1.82, 2.24) is 26.3 Å². The third-order valence-corrected chi connectivity index (χ3v) is 8.26. The maximum Gasteiger partial charge on any atom is 0.407 e. The maximum absolute atomic E-state index is 13.8. The van der Waals surface area contributed by atoms with Gasteiger partial charge in [-0.15, -0.1) is 0 Å². The molecule has 0 radical (unpaired) electrons. The first-order chi connectivity index (χ1) is 23.7. The molecule has 12 heteroatoms. The van der Waals surface area contributed by atoms with Crippen molar-refractivity contribution in [2.24, 2.45) is 11.3 Å². The Hall–Kier alpha value is -4.97. The summed E-state index contributed by atoms with van der Waals surface area (Å²) in [5.41, 5.74) is 2.78. The molecule has 6 N–H and O–H groups in total. The average Bonchev–Trinajstić information content (AvgIpc) is 3.06. The Morgan fingerprint density at radius 1 is 0.780 bits per heavy atom. The molecule has 0 saturated heterocycles. The van der Waals surface area contributed by atoms with Crippen molar-refractivity contribution in [1.29, 1.82) is 0 Å². The zero-order chi connectivity index (χ0) is 36.8. The Bertz CT molecular complexity index is 1530. The van der Waals surface area contributed by atoms with Gasteiger partial charge in [-0.3, -0.25) is 14.6 Å². The van der Waals surface area contributed by atoms with Crippen LogP contribution in [0.4, 0.5) is 9.59 Å². The average molecular weight is 690 g/mol. The van der Waals surface area contributed by atoms with Gasteiger partial charge in [-0.05, 0) is 60.3 Å². The summed E-state index contributed by atoms with van der Waals surface area (Å²) in [5, 5.41) is 32.1. The molecule has 0 unspecified atom stereocenters. The molecule has 0 aliphatic rings.